The van der Waals surface area contributed by atoms with Crippen molar-refractivity contribution in [3.05, 3.63) is 0 Å². The molecule has 0 aromatic heterocycles. The van der Waals surface area contributed by atoms with Crippen molar-refractivity contribution in [2.24, 2.45) is 0 Å². The number of aliphatic hydroxyl groups is 2. The minimum atomic E-state index is -0.125. The monoisotopic (exact) mass is 104 g/mol. The van der Waals surface area contributed by atoms with E-state index >= 15 is 0 Å². The van der Waals surface area contributed by atoms with Crippen molar-refractivity contribution in [2.75, 3.05) is 13.2 Å². The Morgan fingerprint density at radius 2 is 1.17 bits per heavy atom. The van der Waals surface area contributed by atoms with Crippen LogP contribution in [0.3, 0.4) is 0 Å². The molecule has 0 bridgehead atoms. The van der Waals surface area contributed by atoms with Crippen LogP contribution in [0.1, 0.15) is 0 Å². The van der Waals surface area contributed by atoms with Gasteiger partial charge in [0.25, 0.3) is 0 Å². The predicted molar refractivity (Wildman–Crippen MR) is 24.9 cm³/mol. The van der Waals surface area contributed by atoms with Gasteiger partial charge in [-0.05, 0) is 0 Å². The van der Waals surface area contributed by atoms with E-state index in [1.54, 1.807) is 0 Å². The Hall–Kier alpha value is 0.880. The second kappa shape index (κ2) is 16.9. The normalized spacial score (nSPS) is 5.00. The molecule has 0 saturated carbocycles. The van der Waals surface area contributed by atoms with Gasteiger partial charge in [-0.1, -0.05) is 0 Å². The zero-order valence-electron chi connectivity index (χ0n) is 2.81. The first-order valence-corrected chi connectivity index (χ1v) is 1.13. The second-order valence-corrected chi connectivity index (χ2v) is 0.447. The van der Waals surface area contributed by atoms with Crippen molar-refractivity contribution in [3.8, 4) is 0 Å². The Kier molecular flexibility index (Phi) is 44.5. The summed E-state index contributed by atoms with van der Waals surface area (Å²) < 4.78 is 0. The summed E-state index contributed by atoms with van der Waals surface area (Å²) in [6.07, 6.45) is 0. The molecule has 0 amide bonds. The zero-order chi connectivity index (χ0) is 3.41. The van der Waals surface area contributed by atoms with Gasteiger partial charge >= 0.3 is 29.6 Å². The second-order valence-electron chi connectivity index (χ2n) is 0.447. The van der Waals surface area contributed by atoms with Crippen LogP contribution in [-0.2, 0) is 0 Å². The molecule has 0 unspecified atom stereocenters. The summed E-state index contributed by atoms with van der Waals surface area (Å²) in [5, 5.41) is 15.2. The molecule has 0 aromatic rings. The first-order chi connectivity index (χ1) is 1.91. The molecule has 0 aliphatic carbocycles. The molecule has 0 spiro atoms. The van der Waals surface area contributed by atoms with Crippen LogP contribution in [0.15, 0.2) is 0 Å². The van der Waals surface area contributed by atoms with Crippen LogP contribution in [0, 0.1) is 0 Å². The van der Waals surface area contributed by atoms with E-state index in [-0.39, 0.29) is 48.2 Å². The summed E-state index contributed by atoms with van der Waals surface area (Å²) in [5.74, 6) is 0. The van der Waals surface area contributed by atoms with Crippen molar-refractivity contribution in [3.63, 3.8) is 0 Å². The Balaban J connectivity index is -0.0000000450. The van der Waals surface area contributed by atoms with Gasteiger partial charge in [-0.3, -0.25) is 0 Å². The molecule has 0 fully saturated rings. The SMILES string of the molecule is O.OCCO.[NaH]. The van der Waals surface area contributed by atoms with Crippen LogP contribution in [0.4, 0.5) is 0 Å². The molecule has 0 saturated heterocycles. The van der Waals surface area contributed by atoms with Crippen LogP contribution in [0.25, 0.3) is 0 Å². The number of hydrogen-bond donors (Lipinski definition) is 2. The molecule has 4 N–H and O–H groups in total. The van der Waals surface area contributed by atoms with E-state index in [9.17, 15) is 0 Å². The molecular formula is C2H9NaO3. The van der Waals surface area contributed by atoms with E-state index in [1.807, 2.05) is 0 Å². The standard InChI is InChI=1S/C2H6O2.Na.H2O.H/c3-1-2-4;;;/h3-4H,1-2H2;;1H2;. The molecular weight excluding hydrogens is 95.0 g/mol. The number of aliphatic hydroxyl groups excluding tert-OH is 2. The quantitative estimate of drug-likeness (QED) is 0.361. The average Bonchev–Trinajstić information content (AvgIpc) is 1.37. The summed E-state index contributed by atoms with van der Waals surface area (Å²) in [6, 6.07) is 0. The third-order valence-corrected chi connectivity index (χ3v) is 0.1000. The van der Waals surface area contributed by atoms with Crippen LogP contribution in [-0.4, -0.2) is 58.5 Å². The minimum absolute atomic E-state index is 0. The molecule has 0 aliphatic heterocycles. The van der Waals surface area contributed by atoms with Gasteiger partial charge in [0.1, 0.15) is 0 Å². The topological polar surface area (TPSA) is 72.0 Å². The van der Waals surface area contributed by atoms with Crippen LogP contribution in [0.2, 0.25) is 0 Å². The molecule has 36 valence electrons. The van der Waals surface area contributed by atoms with Gasteiger partial charge < -0.3 is 15.7 Å². The summed E-state index contributed by atoms with van der Waals surface area (Å²) in [4.78, 5) is 0. The maximum atomic E-state index is 7.62. The van der Waals surface area contributed by atoms with Crippen molar-refractivity contribution >= 4 is 29.6 Å². The Morgan fingerprint density at radius 1 is 1.00 bits per heavy atom. The summed E-state index contributed by atoms with van der Waals surface area (Å²) in [5.41, 5.74) is 0. The van der Waals surface area contributed by atoms with Gasteiger partial charge in [0, 0.05) is 0 Å². The Bertz CT molecular complexity index is 10.8. The van der Waals surface area contributed by atoms with E-state index in [2.05, 4.69) is 0 Å². The fraction of sp³-hybridized carbons (Fsp3) is 1.00. The molecule has 4 heteroatoms. The Morgan fingerprint density at radius 3 is 1.17 bits per heavy atom. The third-order valence-electron chi connectivity index (χ3n) is 0.1000. The zero-order valence-corrected chi connectivity index (χ0v) is 2.81. The van der Waals surface area contributed by atoms with E-state index in [1.165, 1.54) is 0 Å². The summed E-state index contributed by atoms with van der Waals surface area (Å²) >= 11 is 0. The molecule has 0 aliphatic rings. The van der Waals surface area contributed by atoms with Crippen LogP contribution < -0.4 is 0 Å². The summed E-state index contributed by atoms with van der Waals surface area (Å²) in [6.45, 7) is -0.250. The third kappa shape index (κ3) is 20.8. The van der Waals surface area contributed by atoms with Crippen molar-refractivity contribution in [1.29, 1.82) is 0 Å². The number of hydrogen-bond acceptors (Lipinski definition) is 2. The van der Waals surface area contributed by atoms with E-state index < -0.39 is 0 Å². The van der Waals surface area contributed by atoms with Crippen LogP contribution in [0.5, 0.6) is 0 Å². The molecule has 0 atom stereocenters. The molecule has 0 radical (unpaired) electrons. The fourth-order valence-electron chi connectivity index (χ4n) is 0. The first kappa shape index (κ1) is 15.8. The number of rotatable bonds is 1. The fourth-order valence-corrected chi connectivity index (χ4v) is 0. The average molecular weight is 104 g/mol. The molecule has 3 nitrogen and oxygen atoms in total. The first-order valence-electron chi connectivity index (χ1n) is 1.13. The maximum absolute atomic E-state index is 7.62. The van der Waals surface area contributed by atoms with Crippen molar-refractivity contribution < 1.29 is 15.7 Å². The molecule has 0 aromatic carbocycles. The summed E-state index contributed by atoms with van der Waals surface area (Å²) in [7, 11) is 0. The van der Waals surface area contributed by atoms with Crippen molar-refractivity contribution in [2.45, 2.75) is 0 Å². The Labute approximate surface area is 58.6 Å². The van der Waals surface area contributed by atoms with E-state index in [0.717, 1.165) is 0 Å². The predicted octanol–water partition coefficient (Wildman–Crippen LogP) is -2.50. The molecule has 0 rings (SSSR count). The molecule has 6 heavy (non-hydrogen) atoms. The van der Waals surface area contributed by atoms with Gasteiger partial charge in [-0.15, -0.1) is 0 Å². The van der Waals surface area contributed by atoms with Gasteiger partial charge in [0.15, 0.2) is 0 Å². The van der Waals surface area contributed by atoms with E-state index in [0.29, 0.717) is 0 Å². The molecule has 0 heterocycles. The van der Waals surface area contributed by atoms with Crippen molar-refractivity contribution in [1.82, 2.24) is 0 Å². The van der Waals surface area contributed by atoms with Gasteiger partial charge in [-0.2, -0.15) is 0 Å². The van der Waals surface area contributed by atoms with Gasteiger partial charge in [0.2, 0.25) is 0 Å². The van der Waals surface area contributed by atoms with Gasteiger partial charge in [-0.25, -0.2) is 0 Å². The van der Waals surface area contributed by atoms with E-state index in [4.69, 9.17) is 10.2 Å². The van der Waals surface area contributed by atoms with Gasteiger partial charge in [0.05, 0.1) is 13.2 Å². The van der Waals surface area contributed by atoms with Crippen LogP contribution >= 0.6 is 0 Å².